The maximum Gasteiger partial charge on any atom is 0.250 e. The number of ether oxygens (including phenoxy) is 1. The molecule has 1 aromatic rings. The van der Waals surface area contributed by atoms with Crippen LogP contribution in [-0.4, -0.2) is 36.7 Å². The van der Waals surface area contributed by atoms with Gasteiger partial charge in [0, 0.05) is 19.7 Å². The lowest BCUT2D eigenvalue weighted by Gasteiger charge is -2.33. The summed E-state index contributed by atoms with van der Waals surface area (Å²) in [6.07, 6.45) is 3.81. The minimum atomic E-state index is -0.528. The third-order valence-corrected chi connectivity index (χ3v) is 3.29. The molecule has 1 amide bonds. The number of nitrogens with two attached hydrogens (primary N) is 2. The highest BCUT2D eigenvalue weighted by Crippen LogP contribution is 2.22. The van der Waals surface area contributed by atoms with Gasteiger partial charge in [-0.25, -0.2) is 4.98 Å². The Labute approximate surface area is 112 Å². The molecule has 1 aromatic heterocycles. The van der Waals surface area contributed by atoms with Crippen molar-refractivity contribution >= 4 is 17.4 Å². The number of nitrogen functional groups attached to an aromatic ring is 1. The fourth-order valence-corrected chi connectivity index (χ4v) is 2.36. The lowest BCUT2D eigenvalue weighted by atomic mass is 10.1. The Morgan fingerprint density at radius 2 is 2.42 bits per heavy atom. The third kappa shape index (κ3) is 3.14. The molecule has 2 rings (SSSR count). The van der Waals surface area contributed by atoms with E-state index in [2.05, 4.69) is 9.88 Å². The number of primary amides is 1. The smallest absolute Gasteiger partial charge is 0.250 e. The Morgan fingerprint density at radius 1 is 1.63 bits per heavy atom. The minimum absolute atomic E-state index is 0.218. The molecule has 0 radical (unpaired) electrons. The first-order valence-electron chi connectivity index (χ1n) is 6.53. The molecule has 1 saturated heterocycles. The van der Waals surface area contributed by atoms with Gasteiger partial charge in [0.2, 0.25) is 0 Å². The van der Waals surface area contributed by atoms with Gasteiger partial charge in [0.15, 0.2) is 0 Å². The average Bonchev–Trinajstić information content (AvgIpc) is 2.39. The maximum atomic E-state index is 11.3. The molecule has 2 heterocycles. The second kappa shape index (κ2) is 5.88. The second-order valence-corrected chi connectivity index (χ2v) is 4.66. The average molecular weight is 264 g/mol. The molecule has 1 aliphatic heterocycles. The van der Waals surface area contributed by atoms with Gasteiger partial charge < -0.3 is 21.1 Å². The van der Waals surface area contributed by atoms with E-state index >= 15 is 0 Å². The molecule has 4 N–H and O–H groups in total. The van der Waals surface area contributed by atoms with Crippen molar-refractivity contribution in [3.05, 3.63) is 17.8 Å². The SMILES string of the molecule is CCOC1CCCN(c2cc(C(N)=O)c(N)cn2)C1. The number of hydrogen-bond donors (Lipinski definition) is 2. The Balaban J connectivity index is 2.17. The van der Waals surface area contributed by atoms with Crippen LogP contribution in [0.15, 0.2) is 12.3 Å². The van der Waals surface area contributed by atoms with Gasteiger partial charge in [-0.15, -0.1) is 0 Å². The second-order valence-electron chi connectivity index (χ2n) is 4.66. The normalized spacial score (nSPS) is 19.4. The van der Waals surface area contributed by atoms with Crippen LogP contribution in [-0.2, 0) is 4.74 Å². The fourth-order valence-electron chi connectivity index (χ4n) is 2.36. The zero-order chi connectivity index (χ0) is 13.8. The predicted octanol–water partition coefficient (Wildman–Crippen LogP) is 0.768. The summed E-state index contributed by atoms with van der Waals surface area (Å²) in [5, 5.41) is 0. The summed E-state index contributed by atoms with van der Waals surface area (Å²) in [4.78, 5) is 17.7. The van der Waals surface area contributed by atoms with Gasteiger partial charge in [-0.3, -0.25) is 4.79 Å². The summed E-state index contributed by atoms with van der Waals surface area (Å²) in [6.45, 7) is 4.38. The predicted molar refractivity (Wildman–Crippen MR) is 74.0 cm³/mol. The molecular formula is C13H20N4O2. The molecule has 1 unspecified atom stereocenters. The first-order valence-corrected chi connectivity index (χ1v) is 6.53. The fraction of sp³-hybridized carbons (Fsp3) is 0.538. The standard InChI is InChI=1S/C13H20N4O2/c1-2-19-9-4-3-5-17(8-9)12-6-10(13(15)18)11(14)7-16-12/h6-7,9H,2-5,8,14H2,1H3,(H2,15,18). The number of hydrogen-bond acceptors (Lipinski definition) is 5. The van der Waals surface area contributed by atoms with Crippen molar-refractivity contribution in [2.45, 2.75) is 25.9 Å². The van der Waals surface area contributed by atoms with Crippen LogP contribution in [0.2, 0.25) is 0 Å². The van der Waals surface area contributed by atoms with Crippen molar-refractivity contribution in [3.63, 3.8) is 0 Å². The Hall–Kier alpha value is -1.82. The molecule has 6 nitrogen and oxygen atoms in total. The van der Waals surface area contributed by atoms with E-state index in [1.165, 1.54) is 6.20 Å². The summed E-state index contributed by atoms with van der Waals surface area (Å²) in [7, 11) is 0. The van der Waals surface area contributed by atoms with Gasteiger partial charge in [-0.2, -0.15) is 0 Å². The van der Waals surface area contributed by atoms with Gasteiger partial charge in [0.25, 0.3) is 5.91 Å². The zero-order valence-electron chi connectivity index (χ0n) is 11.1. The number of rotatable bonds is 4. The van der Waals surface area contributed by atoms with E-state index in [4.69, 9.17) is 16.2 Å². The monoisotopic (exact) mass is 264 g/mol. The highest BCUT2D eigenvalue weighted by atomic mass is 16.5. The highest BCUT2D eigenvalue weighted by Gasteiger charge is 2.22. The molecule has 6 heteroatoms. The lowest BCUT2D eigenvalue weighted by Crippen LogP contribution is -2.40. The topological polar surface area (TPSA) is 94.5 Å². The van der Waals surface area contributed by atoms with Crippen LogP contribution < -0.4 is 16.4 Å². The van der Waals surface area contributed by atoms with Crippen LogP contribution >= 0.6 is 0 Å². The van der Waals surface area contributed by atoms with Crippen LogP contribution in [0.5, 0.6) is 0 Å². The Morgan fingerprint density at radius 3 is 3.11 bits per heavy atom. The van der Waals surface area contributed by atoms with Crippen molar-refractivity contribution in [1.29, 1.82) is 0 Å². The van der Waals surface area contributed by atoms with Gasteiger partial charge >= 0.3 is 0 Å². The molecule has 0 bridgehead atoms. The number of anilines is 2. The van der Waals surface area contributed by atoms with E-state index in [-0.39, 0.29) is 6.10 Å². The number of piperidine rings is 1. The minimum Gasteiger partial charge on any atom is -0.397 e. The molecule has 1 fully saturated rings. The van der Waals surface area contributed by atoms with Gasteiger partial charge in [0.1, 0.15) is 5.82 Å². The molecule has 0 aromatic carbocycles. The van der Waals surface area contributed by atoms with Crippen molar-refractivity contribution in [3.8, 4) is 0 Å². The van der Waals surface area contributed by atoms with E-state index < -0.39 is 5.91 Å². The summed E-state index contributed by atoms with van der Waals surface area (Å²) >= 11 is 0. The molecule has 1 aliphatic rings. The van der Waals surface area contributed by atoms with Crippen molar-refractivity contribution < 1.29 is 9.53 Å². The van der Waals surface area contributed by atoms with Crippen LogP contribution in [0.25, 0.3) is 0 Å². The molecule has 0 spiro atoms. The largest absolute Gasteiger partial charge is 0.397 e. The number of amides is 1. The zero-order valence-corrected chi connectivity index (χ0v) is 11.1. The van der Waals surface area contributed by atoms with Crippen molar-refractivity contribution in [2.24, 2.45) is 5.73 Å². The number of aromatic nitrogens is 1. The van der Waals surface area contributed by atoms with Gasteiger partial charge in [-0.1, -0.05) is 0 Å². The van der Waals surface area contributed by atoms with E-state index in [9.17, 15) is 4.79 Å². The van der Waals surface area contributed by atoms with E-state index in [1.54, 1.807) is 6.07 Å². The Bertz CT molecular complexity index is 462. The lowest BCUT2D eigenvalue weighted by molar-refractivity contribution is 0.0525. The van der Waals surface area contributed by atoms with Crippen LogP contribution in [0.3, 0.4) is 0 Å². The maximum absolute atomic E-state index is 11.3. The van der Waals surface area contributed by atoms with E-state index in [0.717, 1.165) is 31.7 Å². The summed E-state index contributed by atoms with van der Waals surface area (Å²) in [5.41, 5.74) is 11.6. The number of carbonyl (C=O) groups is 1. The Kier molecular flexibility index (Phi) is 4.21. The third-order valence-electron chi connectivity index (χ3n) is 3.29. The quantitative estimate of drug-likeness (QED) is 0.837. The number of carbonyl (C=O) groups excluding carboxylic acids is 1. The number of pyridine rings is 1. The van der Waals surface area contributed by atoms with Crippen molar-refractivity contribution in [1.82, 2.24) is 4.98 Å². The van der Waals surface area contributed by atoms with Crippen molar-refractivity contribution in [2.75, 3.05) is 30.3 Å². The van der Waals surface area contributed by atoms with Gasteiger partial charge in [0.05, 0.1) is 23.6 Å². The molecule has 104 valence electrons. The molecule has 0 saturated carbocycles. The molecule has 0 aliphatic carbocycles. The summed E-state index contributed by atoms with van der Waals surface area (Å²) in [6, 6.07) is 1.66. The first-order chi connectivity index (χ1) is 9.11. The van der Waals surface area contributed by atoms with E-state index in [1.807, 2.05) is 6.92 Å². The number of nitrogens with zero attached hydrogens (tertiary/aromatic N) is 2. The van der Waals surface area contributed by atoms with Gasteiger partial charge in [-0.05, 0) is 25.8 Å². The first kappa shape index (κ1) is 13.6. The molecule has 19 heavy (non-hydrogen) atoms. The van der Waals surface area contributed by atoms with Crippen LogP contribution in [0.1, 0.15) is 30.1 Å². The highest BCUT2D eigenvalue weighted by molar-refractivity contribution is 5.98. The summed E-state index contributed by atoms with van der Waals surface area (Å²) < 4.78 is 5.65. The summed E-state index contributed by atoms with van der Waals surface area (Å²) in [5.74, 6) is 0.201. The molecular weight excluding hydrogens is 244 g/mol. The van der Waals surface area contributed by atoms with Crippen LogP contribution in [0, 0.1) is 0 Å². The molecule has 1 atom stereocenters. The van der Waals surface area contributed by atoms with Crippen LogP contribution in [0.4, 0.5) is 11.5 Å². The van der Waals surface area contributed by atoms with E-state index in [0.29, 0.717) is 17.9 Å².